The Kier molecular flexibility index (Phi) is 4.85. The van der Waals surface area contributed by atoms with Gasteiger partial charge in [-0.1, -0.05) is 12.1 Å². The average molecular weight is 337 g/mol. The smallest absolute Gasteiger partial charge is 0.273 e. The zero-order chi connectivity index (χ0) is 17.0. The Balaban J connectivity index is 2.24. The van der Waals surface area contributed by atoms with Crippen molar-refractivity contribution in [1.29, 1.82) is 0 Å². The van der Waals surface area contributed by atoms with Crippen molar-refractivity contribution in [2.45, 2.75) is 11.5 Å². The highest BCUT2D eigenvalue weighted by atomic mass is 32.2. The van der Waals surface area contributed by atoms with Crippen LogP contribution < -0.4 is 9.47 Å². The van der Waals surface area contributed by atoms with Crippen molar-refractivity contribution in [1.82, 2.24) is 0 Å². The molecule has 0 saturated heterocycles. The molecule has 0 unspecified atom stereocenters. The average Bonchev–Trinajstić information content (AvgIpc) is 2.52. The van der Waals surface area contributed by atoms with E-state index in [1.165, 1.54) is 37.4 Å². The van der Waals surface area contributed by atoms with Crippen LogP contribution in [0.5, 0.6) is 11.5 Å². The van der Waals surface area contributed by atoms with E-state index in [0.29, 0.717) is 11.3 Å². The topological polar surface area (TPSA) is 95.7 Å². The molecule has 0 heterocycles. The van der Waals surface area contributed by atoms with Crippen molar-refractivity contribution in [3.63, 3.8) is 0 Å². The molecule has 7 nitrogen and oxygen atoms in total. The SMILES string of the molecule is COc1ccc([N+](=O)[O-])cc1OCc1cccc(S(C)(=O)=O)c1. The maximum absolute atomic E-state index is 11.5. The normalized spacial score (nSPS) is 11.0. The number of benzene rings is 2. The summed E-state index contributed by atoms with van der Waals surface area (Å²) in [5, 5.41) is 10.8. The summed E-state index contributed by atoms with van der Waals surface area (Å²) in [7, 11) is -1.88. The minimum Gasteiger partial charge on any atom is -0.493 e. The van der Waals surface area contributed by atoms with Gasteiger partial charge in [0.05, 0.1) is 23.0 Å². The molecule has 0 saturated carbocycles. The van der Waals surface area contributed by atoms with Gasteiger partial charge in [0.1, 0.15) is 6.61 Å². The Labute approximate surface area is 133 Å². The monoisotopic (exact) mass is 337 g/mol. The first-order valence-electron chi connectivity index (χ1n) is 6.55. The summed E-state index contributed by atoms with van der Waals surface area (Å²) in [6.07, 6.45) is 1.12. The predicted molar refractivity (Wildman–Crippen MR) is 83.5 cm³/mol. The maximum Gasteiger partial charge on any atom is 0.273 e. The van der Waals surface area contributed by atoms with E-state index in [1.54, 1.807) is 12.1 Å². The van der Waals surface area contributed by atoms with Crippen molar-refractivity contribution < 1.29 is 22.8 Å². The molecule has 2 rings (SSSR count). The summed E-state index contributed by atoms with van der Waals surface area (Å²) in [4.78, 5) is 10.5. The summed E-state index contributed by atoms with van der Waals surface area (Å²) >= 11 is 0. The van der Waals surface area contributed by atoms with E-state index in [4.69, 9.17) is 9.47 Å². The van der Waals surface area contributed by atoms with Gasteiger partial charge in [0.25, 0.3) is 5.69 Å². The number of non-ortho nitro benzene ring substituents is 1. The molecule has 0 aromatic heterocycles. The van der Waals surface area contributed by atoms with Crippen molar-refractivity contribution in [2.75, 3.05) is 13.4 Å². The van der Waals surface area contributed by atoms with Crippen LogP contribution in [0.15, 0.2) is 47.4 Å². The zero-order valence-corrected chi connectivity index (χ0v) is 13.4. The highest BCUT2D eigenvalue weighted by molar-refractivity contribution is 7.90. The van der Waals surface area contributed by atoms with Crippen LogP contribution in [0.1, 0.15) is 5.56 Å². The Morgan fingerprint density at radius 1 is 1.13 bits per heavy atom. The third kappa shape index (κ3) is 4.19. The Morgan fingerprint density at radius 2 is 1.87 bits per heavy atom. The van der Waals surface area contributed by atoms with Crippen molar-refractivity contribution in [2.24, 2.45) is 0 Å². The lowest BCUT2D eigenvalue weighted by Gasteiger charge is -2.11. The summed E-state index contributed by atoms with van der Waals surface area (Å²) in [5.74, 6) is 0.571. The van der Waals surface area contributed by atoms with E-state index in [9.17, 15) is 18.5 Å². The van der Waals surface area contributed by atoms with Gasteiger partial charge in [-0.3, -0.25) is 10.1 Å². The molecule has 8 heteroatoms. The first-order chi connectivity index (χ1) is 10.8. The Morgan fingerprint density at radius 3 is 2.48 bits per heavy atom. The lowest BCUT2D eigenvalue weighted by molar-refractivity contribution is -0.385. The molecule has 0 amide bonds. The molecule has 0 bridgehead atoms. The van der Waals surface area contributed by atoms with Crippen LogP contribution in [0.2, 0.25) is 0 Å². The molecular weight excluding hydrogens is 322 g/mol. The number of hydrogen-bond acceptors (Lipinski definition) is 6. The molecule has 0 aliphatic heterocycles. The molecule has 0 aliphatic rings. The van der Waals surface area contributed by atoms with Gasteiger partial charge >= 0.3 is 0 Å². The first-order valence-corrected chi connectivity index (χ1v) is 8.44. The van der Waals surface area contributed by atoms with Crippen LogP contribution in [0, 0.1) is 10.1 Å². The van der Waals surface area contributed by atoms with Crippen LogP contribution in [-0.4, -0.2) is 26.7 Å². The van der Waals surface area contributed by atoms with Gasteiger partial charge in [-0.2, -0.15) is 0 Å². The second-order valence-corrected chi connectivity index (χ2v) is 6.82. The van der Waals surface area contributed by atoms with E-state index >= 15 is 0 Å². The molecule has 0 fully saturated rings. The third-order valence-corrected chi connectivity index (χ3v) is 4.19. The van der Waals surface area contributed by atoms with E-state index in [2.05, 4.69) is 0 Å². The molecule has 23 heavy (non-hydrogen) atoms. The fourth-order valence-corrected chi connectivity index (χ4v) is 2.61. The van der Waals surface area contributed by atoms with Gasteiger partial charge in [0.2, 0.25) is 0 Å². The quantitative estimate of drug-likeness (QED) is 0.594. The number of nitro benzene ring substituents is 1. The maximum atomic E-state index is 11.5. The van der Waals surface area contributed by atoms with Gasteiger partial charge in [-0.15, -0.1) is 0 Å². The number of nitro groups is 1. The minimum atomic E-state index is -3.31. The Bertz CT molecular complexity index is 832. The molecule has 0 spiro atoms. The molecule has 2 aromatic carbocycles. The number of methoxy groups -OCH3 is 1. The zero-order valence-electron chi connectivity index (χ0n) is 12.6. The number of sulfone groups is 1. The van der Waals surface area contributed by atoms with Gasteiger partial charge in [-0.25, -0.2) is 8.42 Å². The van der Waals surface area contributed by atoms with E-state index in [1.807, 2.05) is 0 Å². The summed E-state index contributed by atoms with van der Waals surface area (Å²) < 4.78 is 33.7. The second kappa shape index (κ2) is 6.66. The van der Waals surface area contributed by atoms with Gasteiger partial charge < -0.3 is 9.47 Å². The lowest BCUT2D eigenvalue weighted by atomic mass is 10.2. The third-order valence-electron chi connectivity index (χ3n) is 3.08. The molecule has 0 radical (unpaired) electrons. The second-order valence-electron chi connectivity index (χ2n) is 4.80. The largest absolute Gasteiger partial charge is 0.493 e. The van der Waals surface area contributed by atoms with Crippen molar-refractivity contribution in [3.8, 4) is 11.5 Å². The molecule has 0 N–H and O–H groups in total. The summed E-state index contributed by atoms with van der Waals surface area (Å²) in [6.45, 7) is 0.0564. The van der Waals surface area contributed by atoms with E-state index < -0.39 is 14.8 Å². The van der Waals surface area contributed by atoms with Crippen LogP contribution in [0.4, 0.5) is 5.69 Å². The fourth-order valence-electron chi connectivity index (χ4n) is 1.92. The lowest BCUT2D eigenvalue weighted by Crippen LogP contribution is -2.01. The number of rotatable bonds is 6. The molecule has 2 aromatic rings. The first kappa shape index (κ1) is 16.8. The molecule has 122 valence electrons. The van der Waals surface area contributed by atoms with Gasteiger partial charge in [0, 0.05) is 12.3 Å². The minimum absolute atomic E-state index is 0.0564. The van der Waals surface area contributed by atoms with Crippen LogP contribution in [-0.2, 0) is 16.4 Å². The van der Waals surface area contributed by atoms with Gasteiger partial charge in [0.15, 0.2) is 21.3 Å². The summed E-state index contributed by atoms with van der Waals surface area (Å²) in [5.41, 5.74) is 0.507. The van der Waals surface area contributed by atoms with E-state index in [-0.39, 0.29) is 22.9 Å². The van der Waals surface area contributed by atoms with Gasteiger partial charge in [-0.05, 0) is 23.8 Å². The van der Waals surface area contributed by atoms with Crippen LogP contribution >= 0.6 is 0 Å². The molecule has 0 atom stereocenters. The number of nitrogens with zero attached hydrogens (tertiary/aromatic N) is 1. The number of hydrogen-bond donors (Lipinski definition) is 0. The predicted octanol–water partition coefficient (Wildman–Crippen LogP) is 2.59. The summed E-state index contributed by atoms with van der Waals surface area (Å²) in [6, 6.07) is 10.3. The molecule has 0 aliphatic carbocycles. The Hall–Kier alpha value is -2.61. The standard InChI is InChI=1S/C15H15NO6S/c1-21-14-7-6-12(16(17)18)9-15(14)22-10-11-4-3-5-13(8-11)23(2,19)20/h3-9H,10H2,1-2H3. The molecular formula is C15H15NO6S. The van der Waals surface area contributed by atoms with E-state index in [0.717, 1.165) is 6.26 Å². The highest BCUT2D eigenvalue weighted by Gasteiger charge is 2.13. The van der Waals surface area contributed by atoms with Crippen LogP contribution in [0.3, 0.4) is 0 Å². The fraction of sp³-hybridized carbons (Fsp3) is 0.200. The van der Waals surface area contributed by atoms with Crippen molar-refractivity contribution in [3.05, 3.63) is 58.1 Å². The number of ether oxygens (including phenoxy) is 2. The highest BCUT2D eigenvalue weighted by Crippen LogP contribution is 2.31. The van der Waals surface area contributed by atoms with Crippen molar-refractivity contribution >= 4 is 15.5 Å². The van der Waals surface area contributed by atoms with Crippen LogP contribution in [0.25, 0.3) is 0 Å².